The summed E-state index contributed by atoms with van der Waals surface area (Å²) in [6.45, 7) is 5.94. The first-order valence-corrected chi connectivity index (χ1v) is 11.6. The number of carbonyl (C=O) groups is 1. The zero-order valence-electron chi connectivity index (χ0n) is 19.5. The second kappa shape index (κ2) is 9.27. The van der Waals surface area contributed by atoms with E-state index in [0.29, 0.717) is 11.4 Å². The maximum atomic E-state index is 15.0. The minimum atomic E-state index is -0.428. The van der Waals surface area contributed by atoms with Crippen LogP contribution in [0.2, 0.25) is 0 Å². The van der Waals surface area contributed by atoms with Gasteiger partial charge in [0.15, 0.2) is 0 Å². The van der Waals surface area contributed by atoms with Gasteiger partial charge in [0.05, 0.1) is 5.69 Å². The molecule has 0 spiro atoms. The zero-order valence-corrected chi connectivity index (χ0v) is 19.5. The molecule has 1 aromatic heterocycles. The lowest BCUT2D eigenvalue weighted by molar-refractivity contribution is 0.101. The normalized spacial score (nSPS) is 14.9. The van der Waals surface area contributed by atoms with E-state index in [-0.39, 0.29) is 17.3 Å². The molecule has 0 aliphatic carbocycles. The minimum absolute atomic E-state index is 0.249. The fraction of sp³-hybridized carbons (Fsp3) is 0.259. The third-order valence-corrected chi connectivity index (χ3v) is 6.32. The van der Waals surface area contributed by atoms with E-state index in [2.05, 4.69) is 27.3 Å². The van der Waals surface area contributed by atoms with Crippen LogP contribution in [-0.2, 0) is 0 Å². The van der Waals surface area contributed by atoms with Crippen molar-refractivity contribution in [2.45, 2.75) is 13.3 Å². The van der Waals surface area contributed by atoms with Crippen LogP contribution in [0.25, 0.3) is 16.5 Å². The van der Waals surface area contributed by atoms with Crippen molar-refractivity contribution in [1.29, 1.82) is 0 Å². The summed E-state index contributed by atoms with van der Waals surface area (Å²) in [6.07, 6.45) is 1.13. The summed E-state index contributed by atoms with van der Waals surface area (Å²) in [5, 5.41) is 9.03. The predicted molar refractivity (Wildman–Crippen MR) is 134 cm³/mol. The fourth-order valence-corrected chi connectivity index (χ4v) is 4.46. The van der Waals surface area contributed by atoms with Gasteiger partial charge in [-0.2, -0.15) is 5.10 Å². The third-order valence-electron chi connectivity index (χ3n) is 6.32. The van der Waals surface area contributed by atoms with Gasteiger partial charge >= 0.3 is 0 Å². The molecule has 0 radical (unpaired) electrons. The molecule has 34 heavy (non-hydrogen) atoms. The van der Waals surface area contributed by atoms with Crippen molar-refractivity contribution in [2.75, 3.05) is 43.4 Å². The van der Waals surface area contributed by atoms with Gasteiger partial charge in [0.2, 0.25) is 0 Å². The molecule has 1 fully saturated rings. The van der Waals surface area contributed by atoms with E-state index < -0.39 is 5.82 Å². The second-order valence-corrected chi connectivity index (χ2v) is 8.88. The van der Waals surface area contributed by atoms with Gasteiger partial charge in [-0.3, -0.25) is 4.79 Å². The summed E-state index contributed by atoms with van der Waals surface area (Å²) < 4.78 is 16.3. The van der Waals surface area contributed by atoms with Crippen molar-refractivity contribution in [3.63, 3.8) is 0 Å². The van der Waals surface area contributed by atoms with E-state index in [9.17, 15) is 9.18 Å². The van der Waals surface area contributed by atoms with Crippen molar-refractivity contribution < 1.29 is 9.18 Å². The highest BCUT2D eigenvalue weighted by Crippen LogP contribution is 2.25. The van der Waals surface area contributed by atoms with Gasteiger partial charge in [-0.05, 0) is 80.2 Å². The number of rotatable bonds is 4. The van der Waals surface area contributed by atoms with Gasteiger partial charge in [0.1, 0.15) is 17.2 Å². The highest BCUT2D eigenvalue weighted by molar-refractivity contribution is 6.03. The van der Waals surface area contributed by atoms with E-state index in [1.54, 1.807) is 19.1 Å². The summed E-state index contributed by atoms with van der Waals surface area (Å²) in [4.78, 5) is 17.9. The van der Waals surface area contributed by atoms with Crippen LogP contribution >= 0.6 is 0 Å². The van der Waals surface area contributed by atoms with Crippen LogP contribution in [0.4, 0.5) is 15.8 Å². The molecule has 1 saturated heterocycles. The molecule has 7 heteroatoms. The summed E-state index contributed by atoms with van der Waals surface area (Å²) in [6, 6.07) is 20.3. The summed E-state index contributed by atoms with van der Waals surface area (Å²) in [7, 11) is 2.15. The van der Waals surface area contributed by atoms with Crippen LogP contribution in [0, 0.1) is 12.7 Å². The van der Waals surface area contributed by atoms with Crippen molar-refractivity contribution >= 4 is 28.1 Å². The SMILES string of the molecule is Cc1cc(C(=O)Nc2ccc(N3CCCN(C)CC3)cc2)n(-c2cc3ccccc3cc2F)n1. The number of nitrogens with one attached hydrogen (secondary N) is 1. The van der Waals surface area contributed by atoms with Crippen LogP contribution in [0.5, 0.6) is 0 Å². The van der Waals surface area contributed by atoms with Gasteiger partial charge in [0.25, 0.3) is 5.91 Å². The van der Waals surface area contributed by atoms with E-state index in [4.69, 9.17) is 0 Å². The Labute approximate surface area is 198 Å². The molecule has 0 saturated carbocycles. The number of aryl methyl sites for hydroxylation is 1. The van der Waals surface area contributed by atoms with Gasteiger partial charge in [-0.1, -0.05) is 24.3 Å². The van der Waals surface area contributed by atoms with E-state index in [0.717, 1.165) is 49.1 Å². The van der Waals surface area contributed by atoms with Crippen LogP contribution < -0.4 is 10.2 Å². The summed E-state index contributed by atoms with van der Waals surface area (Å²) >= 11 is 0. The number of halogens is 1. The monoisotopic (exact) mass is 457 g/mol. The smallest absolute Gasteiger partial charge is 0.274 e. The quantitative estimate of drug-likeness (QED) is 0.475. The maximum Gasteiger partial charge on any atom is 0.274 e. The Morgan fingerprint density at radius 2 is 1.68 bits per heavy atom. The molecule has 174 valence electrons. The summed E-state index contributed by atoms with van der Waals surface area (Å²) in [5.74, 6) is -0.763. The number of aromatic nitrogens is 2. The lowest BCUT2D eigenvalue weighted by Gasteiger charge is -2.23. The summed E-state index contributed by atoms with van der Waals surface area (Å²) in [5.41, 5.74) is 3.00. The largest absolute Gasteiger partial charge is 0.370 e. The highest BCUT2D eigenvalue weighted by Gasteiger charge is 2.19. The average molecular weight is 458 g/mol. The van der Waals surface area contributed by atoms with Gasteiger partial charge < -0.3 is 15.1 Å². The number of hydrogen-bond acceptors (Lipinski definition) is 4. The van der Waals surface area contributed by atoms with Crippen molar-refractivity contribution in [3.05, 3.63) is 83.9 Å². The van der Waals surface area contributed by atoms with Crippen LogP contribution in [0.1, 0.15) is 22.6 Å². The first-order valence-electron chi connectivity index (χ1n) is 11.6. The maximum absolute atomic E-state index is 15.0. The number of anilines is 2. The Morgan fingerprint density at radius 3 is 2.44 bits per heavy atom. The molecule has 1 aliphatic heterocycles. The number of amides is 1. The van der Waals surface area contributed by atoms with Crippen molar-refractivity contribution in [1.82, 2.24) is 14.7 Å². The molecule has 1 N–H and O–H groups in total. The Balaban J connectivity index is 1.38. The van der Waals surface area contributed by atoms with Crippen LogP contribution in [0.3, 0.4) is 0 Å². The van der Waals surface area contributed by atoms with Crippen molar-refractivity contribution in [3.8, 4) is 5.69 Å². The van der Waals surface area contributed by atoms with Gasteiger partial charge in [-0.15, -0.1) is 0 Å². The lowest BCUT2D eigenvalue weighted by Crippen LogP contribution is -2.28. The Bertz CT molecular complexity index is 1330. The molecular formula is C27H28FN5O. The van der Waals surface area contributed by atoms with Crippen LogP contribution in [0.15, 0.2) is 66.7 Å². The molecule has 1 amide bonds. The molecule has 3 aromatic carbocycles. The number of benzene rings is 3. The third kappa shape index (κ3) is 4.52. The standard InChI is InChI=1S/C27H28FN5O/c1-19-16-26(33(30-19)25-18-21-7-4-3-6-20(21)17-24(25)28)27(34)29-22-8-10-23(11-9-22)32-13-5-12-31(2)14-15-32/h3-4,6-11,16-18H,5,12-15H2,1-2H3,(H,29,34). The van der Waals surface area contributed by atoms with E-state index >= 15 is 0 Å². The van der Waals surface area contributed by atoms with E-state index in [1.807, 2.05) is 48.5 Å². The minimum Gasteiger partial charge on any atom is -0.370 e. The average Bonchev–Trinajstić information content (AvgIpc) is 3.09. The molecule has 6 nitrogen and oxygen atoms in total. The predicted octanol–water partition coefficient (Wildman–Crippen LogP) is 4.87. The fourth-order valence-electron chi connectivity index (χ4n) is 4.46. The molecular weight excluding hydrogens is 429 g/mol. The Hall–Kier alpha value is -3.71. The Morgan fingerprint density at radius 1 is 0.941 bits per heavy atom. The first kappa shape index (κ1) is 22.1. The molecule has 4 aromatic rings. The molecule has 1 aliphatic rings. The molecule has 0 unspecified atom stereocenters. The van der Waals surface area contributed by atoms with E-state index in [1.165, 1.54) is 10.7 Å². The lowest BCUT2D eigenvalue weighted by atomic mass is 10.1. The van der Waals surface area contributed by atoms with Crippen LogP contribution in [-0.4, -0.2) is 53.8 Å². The van der Waals surface area contributed by atoms with Crippen molar-refractivity contribution in [2.24, 2.45) is 0 Å². The topological polar surface area (TPSA) is 53.4 Å². The number of nitrogens with zero attached hydrogens (tertiary/aromatic N) is 4. The second-order valence-electron chi connectivity index (χ2n) is 8.88. The molecule has 2 heterocycles. The molecule has 0 atom stereocenters. The highest BCUT2D eigenvalue weighted by atomic mass is 19.1. The Kier molecular flexibility index (Phi) is 6.02. The van der Waals surface area contributed by atoms with Gasteiger partial charge in [-0.25, -0.2) is 9.07 Å². The number of hydrogen-bond donors (Lipinski definition) is 1. The van der Waals surface area contributed by atoms with Gasteiger partial charge in [0, 0.05) is 31.0 Å². The number of likely N-dealkylation sites (N-methyl/N-ethyl adjacent to an activating group) is 1. The number of fused-ring (bicyclic) bond motifs is 1. The molecule has 5 rings (SSSR count). The number of carbonyl (C=O) groups excluding carboxylic acids is 1. The zero-order chi connectivity index (χ0) is 23.7. The molecule has 0 bridgehead atoms. The first-order chi connectivity index (χ1) is 16.5.